The van der Waals surface area contributed by atoms with Gasteiger partial charge in [0.25, 0.3) is 0 Å². The van der Waals surface area contributed by atoms with Gasteiger partial charge in [-0.05, 0) is 17.7 Å². The van der Waals surface area contributed by atoms with Crippen LogP contribution in [0, 0.1) is 0 Å². The second-order valence-electron chi connectivity index (χ2n) is 6.50. The molecule has 166 valence electrons. The van der Waals surface area contributed by atoms with Gasteiger partial charge in [0.2, 0.25) is 0 Å². The van der Waals surface area contributed by atoms with Crippen LogP contribution in [0.15, 0.2) is 66.7 Å². The summed E-state index contributed by atoms with van der Waals surface area (Å²) >= 11 is 0. The number of hydrogen-bond donors (Lipinski definition) is 1. The van der Waals surface area contributed by atoms with Gasteiger partial charge < -0.3 is 24.3 Å². The van der Waals surface area contributed by atoms with E-state index in [9.17, 15) is 0 Å². The van der Waals surface area contributed by atoms with Gasteiger partial charge in [0, 0.05) is 30.3 Å². The molecule has 0 saturated heterocycles. The first-order chi connectivity index (χ1) is 15.2. The molecule has 5 nitrogen and oxygen atoms in total. The summed E-state index contributed by atoms with van der Waals surface area (Å²) in [7, 11) is 4.96. The van der Waals surface area contributed by atoms with E-state index in [2.05, 4.69) is 5.32 Å². The Morgan fingerprint density at radius 3 is 2.06 bits per heavy atom. The fourth-order valence-electron chi connectivity index (χ4n) is 3.08. The number of para-hydroxylation sites is 1. The van der Waals surface area contributed by atoms with Crippen LogP contribution in [-0.4, -0.2) is 21.3 Å². The standard InChI is InChI=1S/C24H27NO4.C2H6/c1-26-21-13-12-19(23(14-21)28-3)15-25-16-20-10-7-11-22(27-2)24(20)29-17-18-8-5-4-6-9-18;1-2/h4-14,25H,15-17H2,1-3H3;1-2H3. The fraction of sp³-hybridized carbons (Fsp3) is 0.308. The highest BCUT2D eigenvalue weighted by molar-refractivity contribution is 5.47. The summed E-state index contributed by atoms with van der Waals surface area (Å²) in [5.41, 5.74) is 3.20. The van der Waals surface area contributed by atoms with Crippen molar-refractivity contribution in [3.05, 3.63) is 83.4 Å². The number of hydrogen-bond acceptors (Lipinski definition) is 5. The minimum absolute atomic E-state index is 0.487. The molecule has 1 N–H and O–H groups in total. The number of rotatable bonds is 10. The summed E-state index contributed by atoms with van der Waals surface area (Å²) in [6.45, 7) is 5.78. The maximum atomic E-state index is 6.12. The molecule has 31 heavy (non-hydrogen) atoms. The molecule has 0 aromatic heterocycles. The van der Waals surface area contributed by atoms with E-state index < -0.39 is 0 Å². The summed E-state index contributed by atoms with van der Waals surface area (Å²) in [5.74, 6) is 3.05. The first-order valence-corrected chi connectivity index (χ1v) is 10.5. The van der Waals surface area contributed by atoms with E-state index in [1.165, 1.54) is 0 Å². The zero-order valence-electron chi connectivity index (χ0n) is 19.1. The van der Waals surface area contributed by atoms with Crippen molar-refractivity contribution in [2.45, 2.75) is 33.5 Å². The molecule has 0 amide bonds. The number of nitrogens with one attached hydrogen (secondary N) is 1. The summed E-state index contributed by atoms with van der Waals surface area (Å²) in [6.07, 6.45) is 0. The van der Waals surface area contributed by atoms with Crippen LogP contribution in [-0.2, 0) is 19.7 Å². The normalized spacial score (nSPS) is 9.97. The van der Waals surface area contributed by atoms with Crippen molar-refractivity contribution < 1.29 is 18.9 Å². The number of methoxy groups -OCH3 is 3. The van der Waals surface area contributed by atoms with Crippen molar-refractivity contribution in [2.75, 3.05) is 21.3 Å². The van der Waals surface area contributed by atoms with Crippen LogP contribution in [0.2, 0.25) is 0 Å². The number of ether oxygens (including phenoxy) is 4. The van der Waals surface area contributed by atoms with Gasteiger partial charge in [0.05, 0.1) is 21.3 Å². The third-order valence-electron chi connectivity index (χ3n) is 4.63. The zero-order chi connectivity index (χ0) is 22.5. The molecule has 0 bridgehead atoms. The monoisotopic (exact) mass is 423 g/mol. The van der Waals surface area contributed by atoms with Crippen molar-refractivity contribution in [2.24, 2.45) is 0 Å². The maximum absolute atomic E-state index is 6.12. The van der Waals surface area contributed by atoms with Crippen LogP contribution in [0.25, 0.3) is 0 Å². The molecule has 0 spiro atoms. The molecule has 0 unspecified atom stereocenters. The Morgan fingerprint density at radius 2 is 1.39 bits per heavy atom. The number of benzene rings is 3. The Morgan fingerprint density at radius 1 is 0.677 bits per heavy atom. The first kappa shape index (κ1) is 24.1. The Kier molecular flexibility index (Phi) is 10.3. The molecule has 3 aromatic carbocycles. The quantitative estimate of drug-likeness (QED) is 0.459. The first-order valence-electron chi connectivity index (χ1n) is 10.5. The lowest BCUT2D eigenvalue weighted by atomic mass is 10.1. The van der Waals surface area contributed by atoms with E-state index in [-0.39, 0.29) is 0 Å². The largest absolute Gasteiger partial charge is 0.497 e. The van der Waals surface area contributed by atoms with Crippen LogP contribution in [0.4, 0.5) is 0 Å². The summed E-state index contributed by atoms with van der Waals surface area (Å²) in [5, 5.41) is 3.46. The molecule has 0 fully saturated rings. The molecule has 0 heterocycles. The van der Waals surface area contributed by atoms with Gasteiger partial charge in [-0.2, -0.15) is 0 Å². The lowest BCUT2D eigenvalue weighted by Gasteiger charge is -2.16. The van der Waals surface area contributed by atoms with Crippen LogP contribution >= 0.6 is 0 Å². The summed E-state index contributed by atoms with van der Waals surface area (Å²) < 4.78 is 22.4. The highest BCUT2D eigenvalue weighted by Crippen LogP contribution is 2.32. The van der Waals surface area contributed by atoms with Crippen LogP contribution in [0.5, 0.6) is 23.0 Å². The third kappa shape index (κ3) is 6.93. The van der Waals surface area contributed by atoms with Crippen molar-refractivity contribution in [1.29, 1.82) is 0 Å². The minimum atomic E-state index is 0.487. The Bertz CT molecular complexity index is 913. The fourth-order valence-corrected chi connectivity index (χ4v) is 3.08. The van der Waals surface area contributed by atoms with Crippen molar-refractivity contribution in [3.8, 4) is 23.0 Å². The van der Waals surface area contributed by atoms with Gasteiger partial charge in [-0.3, -0.25) is 0 Å². The predicted octanol–water partition coefficient (Wildman–Crippen LogP) is 5.61. The van der Waals surface area contributed by atoms with E-state index in [0.29, 0.717) is 19.7 Å². The Hall–Kier alpha value is -3.18. The molecule has 0 saturated carbocycles. The molecule has 3 rings (SSSR count). The molecular formula is C26H33NO4. The molecule has 5 heteroatoms. The molecule has 0 aliphatic carbocycles. The van der Waals surface area contributed by atoms with Gasteiger partial charge in [-0.1, -0.05) is 62.4 Å². The molecule has 0 atom stereocenters. The topological polar surface area (TPSA) is 49.0 Å². The summed E-state index contributed by atoms with van der Waals surface area (Å²) in [6, 6.07) is 21.8. The van der Waals surface area contributed by atoms with Gasteiger partial charge in [-0.15, -0.1) is 0 Å². The van der Waals surface area contributed by atoms with E-state index >= 15 is 0 Å². The minimum Gasteiger partial charge on any atom is -0.497 e. The lowest BCUT2D eigenvalue weighted by molar-refractivity contribution is 0.280. The molecule has 0 aliphatic rings. The Labute approximate surface area is 185 Å². The maximum Gasteiger partial charge on any atom is 0.166 e. The van der Waals surface area contributed by atoms with Crippen LogP contribution in [0.1, 0.15) is 30.5 Å². The van der Waals surface area contributed by atoms with Crippen molar-refractivity contribution >= 4 is 0 Å². The van der Waals surface area contributed by atoms with Crippen molar-refractivity contribution in [3.63, 3.8) is 0 Å². The van der Waals surface area contributed by atoms with Crippen LogP contribution in [0.3, 0.4) is 0 Å². The van der Waals surface area contributed by atoms with Gasteiger partial charge in [0.1, 0.15) is 18.1 Å². The van der Waals surface area contributed by atoms with E-state index in [1.807, 2.05) is 80.6 Å². The second-order valence-corrected chi connectivity index (χ2v) is 6.50. The van der Waals surface area contributed by atoms with Crippen molar-refractivity contribution in [1.82, 2.24) is 5.32 Å². The predicted molar refractivity (Wildman–Crippen MR) is 125 cm³/mol. The zero-order valence-corrected chi connectivity index (χ0v) is 19.1. The molecular weight excluding hydrogens is 390 g/mol. The lowest BCUT2D eigenvalue weighted by Crippen LogP contribution is -2.14. The molecule has 0 aliphatic heterocycles. The molecule has 0 radical (unpaired) electrons. The van der Waals surface area contributed by atoms with Crippen LogP contribution < -0.4 is 24.3 Å². The average Bonchev–Trinajstić information content (AvgIpc) is 2.85. The van der Waals surface area contributed by atoms with Gasteiger partial charge in [-0.25, -0.2) is 0 Å². The van der Waals surface area contributed by atoms with Gasteiger partial charge >= 0.3 is 0 Å². The van der Waals surface area contributed by atoms with E-state index in [0.717, 1.165) is 39.7 Å². The highest BCUT2D eigenvalue weighted by Gasteiger charge is 2.12. The summed E-state index contributed by atoms with van der Waals surface area (Å²) in [4.78, 5) is 0. The Balaban J connectivity index is 0.00000166. The second kappa shape index (κ2) is 13.2. The SMILES string of the molecule is CC.COc1ccc(CNCc2cccc(OC)c2OCc2ccccc2)c(OC)c1. The van der Waals surface area contributed by atoms with E-state index in [4.69, 9.17) is 18.9 Å². The highest BCUT2D eigenvalue weighted by atomic mass is 16.5. The average molecular weight is 424 g/mol. The smallest absolute Gasteiger partial charge is 0.166 e. The molecule has 3 aromatic rings. The van der Waals surface area contributed by atoms with Gasteiger partial charge in [0.15, 0.2) is 11.5 Å². The third-order valence-corrected chi connectivity index (χ3v) is 4.63. The van der Waals surface area contributed by atoms with E-state index in [1.54, 1.807) is 21.3 Å².